The van der Waals surface area contributed by atoms with Gasteiger partial charge >= 0.3 is 0 Å². The Kier molecular flexibility index (Phi) is 7.06. The molecule has 1 aromatic rings. The second-order valence-electron chi connectivity index (χ2n) is 8.96. The maximum absolute atomic E-state index is 12.8. The minimum Gasteiger partial charge on any atom is -0.406 e. The Bertz CT molecular complexity index is 603. The quantitative estimate of drug-likeness (QED) is 0.563. The van der Waals surface area contributed by atoms with Gasteiger partial charge in [-0.05, 0) is 36.0 Å². The summed E-state index contributed by atoms with van der Waals surface area (Å²) in [6.07, 6.45) is -1.07. The van der Waals surface area contributed by atoms with Crippen LogP contribution in [0.2, 0.25) is 16.6 Å². The van der Waals surface area contributed by atoms with Crippen molar-refractivity contribution in [2.75, 3.05) is 6.61 Å². The summed E-state index contributed by atoms with van der Waals surface area (Å²) >= 11 is 0. The highest BCUT2D eigenvalue weighted by molar-refractivity contribution is 6.77. The average molecular weight is 393 g/mol. The second-order valence-corrected chi connectivity index (χ2v) is 14.4. The Labute approximate surface area is 165 Å². The molecule has 1 fully saturated rings. The molecule has 0 saturated carbocycles. The Morgan fingerprint density at radius 2 is 1.52 bits per heavy atom. The highest BCUT2D eigenvalue weighted by Gasteiger charge is 2.50. The molecule has 0 aromatic heterocycles. The van der Waals surface area contributed by atoms with Crippen molar-refractivity contribution in [1.82, 2.24) is 0 Å². The number of ketones is 1. The number of ether oxygens (including phenoxy) is 2. The molecule has 0 unspecified atom stereocenters. The molecular weight excluding hydrogens is 356 g/mol. The SMILES string of the molecule is CC(C)[Si](O[C@H](c1ccccc1)[C@H]1OC(C)(C)OCC1=O)(C(C)C)C(C)C. The van der Waals surface area contributed by atoms with Gasteiger partial charge in [0.1, 0.15) is 12.7 Å². The number of carbonyl (C=O) groups is 1. The van der Waals surface area contributed by atoms with Gasteiger partial charge in [0.15, 0.2) is 17.7 Å². The summed E-state index contributed by atoms with van der Waals surface area (Å²) < 4.78 is 18.7. The smallest absolute Gasteiger partial charge is 0.201 e. The van der Waals surface area contributed by atoms with Crippen molar-refractivity contribution in [1.29, 1.82) is 0 Å². The highest BCUT2D eigenvalue weighted by atomic mass is 28.4. The zero-order valence-electron chi connectivity index (χ0n) is 18.1. The van der Waals surface area contributed by atoms with Crippen LogP contribution < -0.4 is 0 Å². The lowest BCUT2D eigenvalue weighted by molar-refractivity contribution is -0.270. The fourth-order valence-corrected chi connectivity index (χ4v) is 10.1. The third-order valence-electron chi connectivity index (χ3n) is 5.73. The molecule has 0 radical (unpaired) electrons. The summed E-state index contributed by atoms with van der Waals surface area (Å²) in [7, 11) is -2.21. The van der Waals surface area contributed by atoms with Gasteiger partial charge in [0.25, 0.3) is 0 Å². The number of benzene rings is 1. The van der Waals surface area contributed by atoms with Gasteiger partial charge < -0.3 is 13.9 Å². The van der Waals surface area contributed by atoms with Crippen LogP contribution in [-0.2, 0) is 18.7 Å². The van der Waals surface area contributed by atoms with Gasteiger partial charge in [-0.2, -0.15) is 0 Å². The van der Waals surface area contributed by atoms with Crippen LogP contribution in [0.25, 0.3) is 0 Å². The van der Waals surface area contributed by atoms with Crippen molar-refractivity contribution >= 4 is 14.1 Å². The molecule has 1 saturated heterocycles. The number of hydrogen-bond acceptors (Lipinski definition) is 4. The minimum absolute atomic E-state index is 0.0534. The first-order valence-corrected chi connectivity index (χ1v) is 12.2. The van der Waals surface area contributed by atoms with E-state index >= 15 is 0 Å². The van der Waals surface area contributed by atoms with Crippen LogP contribution in [0.15, 0.2) is 30.3 Å². The molecule has 27 heavy (non-hydrogen) atoms. The fraction of sp³-hybridized carbons (Fsp3) is 0.682. The molecule has 1 aliphatic rings. The van der Waals surface area contributed by atoms with Gasteiger partial charge in [-0.1, -0.05) is 71.9 Å². The topological polar surface area (TPSA) is 44.8 Å². The number of Topliss-reactive ketones (excluding diaryl/α,β-unsaturated/α-hetero) is 1. The number of hydrogen-bond donors (Lipinski definition) is 0. The van der Waals surface area contributed by atoms with Crippen LogP contribution in [0.4, 0.5) is 0 Å². The van der Waals surface area contributed by atoms with E-state index in [1.54, 1.807) is 0 Å². The van der Waals surface area contributed by atoms with E-state index < -0.39 is 26.3 Å². The Hall–Kier alpha value is -1.01. The van der Waals surface area contributed by atoms with Crippen molar-refractivity contribution < 1.29 is 18.7 Å². The van der Waals surface area contributed by atoms with Crippen molar-refractivity contribution in [3.8, 4) is 0 Å². The molecule has 1 aliphatic heterocycles. The van der Waals surface area contributed by atoms with E-state index in [2.05, 4.69) is 41.5 Å². The van der Waals surface area contributed by atoms with Gasteiger partial charge in [0.2, 0.25) is 8.32 Å². The van der Waals surface area contributed by atoms with Crippen LogP contribution in [0, 0.1) is 0 Å². The zero-order valence-corrected chi connectivity index (χ0v) is 19.1. The van der Waals surface area contributed by atoms with Crippen molar-refractivity contribution in [2.24, 2.45) is 0 Å². The maximum Gasteiger partial charge on any atom is 0.201 e. The van der Waals surface area contributed by atoms with E-state index in [4.69, 9.17) is 13.9 Å². The molecule has 0 spiro atoms. The summed E-state index contributed by atoms with van der Waals surface area (Å²) in [5.74, 6) is -0.852. The van der Waals surface area contributed by atoms with E-state index in [0.717, 1.165) is 5.56 Å². The monoisotopic (exact) mass is 392 g/mol. The maximum atomic E-state index is 12.8. The predicted molar refractivity (Wildman–Crippen MR) is 111 cm³/mol. The molecule has 0 bridgehead atoms. The lowest BCUT2D eigenvalue weighted by Gasteiger charge is -2.47. The van der Waals surface area contributed by atoms with Crippen molar-refractivity contribution in [3.05, 3.63) is 35.9 Å². The molecule has 152 valence electrons. The summed E-state index contributed by atoms with van der Waals surface area (Å²) in [4.78, 5) is 12.8. The van der Waals surface area contributed by atoms with Crippen molar-refractivity contribution in [3.63, 3.8) is 0 Å². The molecule has 0 aliphatic carbocycles. The normalized spacial score (nSPS) is 21.9. The van der Waals surface area contributed by atoms with Gasteiger partial charge in [-0.15, -0.1) is 0 Å². The largest absolute Gasteiger partial charge is 0.406 e. The highest BCUT2D eigenvalue weighted by Crippen LogP contribution is 2.46. The molecule has 1 heterocycles. The molecule has 2 rings (SSSR count). The molecule has 1 aromatic carbocycles. The summed E-state index contributed by atoms with van der Waals surface area (Å²) in [5, 5.41) is 0. The Morgan fingerprint density at radius 3 is 2.00 bits per heavy atom. The van der Waals surface area contributed by atoms with Crippen LogP contribution in [0.1, 0.15) is 67.1 Å². The van der Waals surface area contributed by atoms with Gasteiger partial charge in [-0.3, -0.25) is 4.79 Å². The van der Waals surface area contributed by atoms with E-state index in [1.807, 2.05) is 44.2 Å². The molecule has 2 atom stereocenters. The van der Waals surface area contributed by atoms with E-state index in [-0.39, 0.29) is 12.4 Å². The summed E-state index contributed by atoms with van der Waals surface area (Å²) in [6, 6.07) is 10.0. The fourth-order valence-electron chi connectivity index (χ4n) is 4.54. The second kappa shape index (κ2) is 8.56. The summed E-state index contributed by atoms with van der Waals surface area (Å²) in [5.41, 5.74) is 2.26. The lowest BCUT2D eigenvalue weighted by Crippen LogP contribution is -2.54. The third-order valence-corrected chi connectivity index (χ3v) is 11.8. The van der Waals surface area contributed by atoms with Crippen LogP contribution in [0.3, 0.4) is 0 Å². The molecule has 0 N–H and O–H groups in total. The molecule has 4 nitrogen and oxygen atoms in total. The summed E-state index contributed by atoms with van der Waals surface area (Å²) in [6.45, 7) is 17.3. The van der Waals surface area contributed by atoms with E-state index in [9.17, 15) is 4.79 Å². The van der Waals surface area contributed by atoms with E-state index in [1.165, 1.54) is 0 Å². The first-order valence-electron chi connectivity index (χ1n) is 10.1. The van der Waals surface area contributed by atoms with Crippen molar-refractivity contribution in [2.45, 2.75) is 90.0 Å². The Morgan fingerprint density at radius 1 is 1.00 bits per heavy atom. The molecule has 0 amide bonds. The van der Waals surface area contributed by atoms with Gasteiger partial charge in [0.05, 0.1) is 0 Å². The van der Waals surface area contributed by atoms with Crippen LogP contribution in [0.5, 0.6) is 0 Å². The number of rotatable bonds is 7. The first kappa shape index (κ1) is 22.3. The predicted octanol–water partition coefficient (Wildman–Crippen LogP) is 5.64. The number of carbonyl (C=O) groups excluding carboxylic acids is 1. The Balaban J connectivity index is 2.51. The first-order chi connectivity index (χ1) is 12.5. The van der Waals surface area contributed by atoms with Gasteiger partial charge in [0, 0.05) is 0 Å². The molecular formula is C22H36O4Si. The lowest BCUT2D eigenvalue weighted by atomic mass is 10.0. The zero-order chi connectivity index (χ0) is 20.4. The standard InChI is InChI=1S/C22H36O4Si/c1-15(2)27(16(3)4,17(5)6)26-20(18-12-10-9-11-13-18)21-19(23)14-24-22(7,8)25-21/h9-13,15-17,20-21H,14H2,1-8H3/t20-,21+/m1/s1. The van der Waals surface area contributed by atoms with Gasteiger partial charge in [-0.25, -0.2) is 0 Å². The third kappa shape index (κ3) is 4.70. The van der Waals surface area contributed by atoms with Crippen LogP contribution >= 0.6 is 0 Å². The average Bonchev–Trinajstić information content (AvgIpc) is 2.58. The molecule has 5 heteroatoms. The van der Waals surface area contributed by atoms with E-state index in [0.29, 0.717) is 16.6 Å². The van der Waals surface area contributed by atoms with Crippen LogP contribution in [-0.4, -0.2) is 32.6 Å². The minimum atomic E-state index is -2.21.